The summed E-state index contributed by atoms with van der Waals surface area (Å²) in [5.74, 6) is -0.221. The summed E-state index contributed by atoms with van der Waals surface area (Å²) in [5.41, 5.74) is 8.55. The van der Waals surface area contributed by atoms with Gasteiger partial charge in [0.2, 0.25) is 5.91 Å². The van der Waals surface area contributed by atoms with E-state index in [1.54, 1.807) is 0 Å². The molecule has 1 aromatic heterocycles. The van der Waals surface area contributed by atoms with Crippen LogP contribution in [0.3, 0.4) is 0 Å². The lowest BCUT2D eigenvalue weighted by atomic mass is 10.1. The molecule has 0 aliphatic heterocycles. The van der Waals surface area contributed by atoms with Crippen molar-refractivity contribution >= 4 is 22.4 Å². The standard InChI is InChI=1S/C15H19N3OS/c1-2-3-4-11-5-7-12(8-6-11)13-10-20-15(17-13)18-14(19)9-16/h5-8,10H,2-4,9,16H2,1H3,(H,17,18,19). The van der Waals surface area contributed by atoms with Gasteiger partial charge < -0.3 is 11.1 Å². The van der Waals surface area contributed by atoms with E-state index < -0.39 is 0 Å². The van der Waals surface area contributed by atoms with Gasteiger partial charge in [-0.3, -0.25) is 4.79 Å². The number of thiazole rings is 1. The van der Waals surface area contributed by atoms with Gasteiger partial charge in [0.15, 0.2) is 5.13 Å². The second-order valence-corrected chi connectivity index (χ2v) is 5.45. The molecule has 0 fully saturated rings. The largest absolute Gasteiger partial charge is 0.322 e. The van der Waals surface area contributed by atoms with E-state index in [-0.39, 0.29) is 12.5 Å². The monoisotopic (exact) mass is 289 g/mol. The van der Waals surface area contributed by atoms with Gasteiger partial charge in [0.1, 0.15) is 0 Å². The molecule has 0 aliphatic rings. The lowest BCUT2D eigenvalue weighted by molar-refractivity contribution is -0.114. The Hall–Kier alpha value is -1.72. The maximum absolute atomic E-state index is 11.2. The number of amides is 1. The maximum Gasteiger partial charge on any atom is 0.239 e. The summed E-state index contributed by atoms with van der Waals surface area (Å²) in [4.78, 5) is 15.6. The number of hydrogen-bond donors (Lipinski definition) is 2. The van der Waals surface area contributed by atoms with Crippen LogP contribution in [0.1, 0.15) is 25.3 Å². The fraction of sp³-hybridized carbons (Fsp3) is 0.333. The van der Waals surface area contributed by atoms with Crippen LogP contribution in [0.5, 0.6) is 0 Å². The third kappa shape index (κ3) is 3.88. The van der Waals surface area contributed by atoms with Crippen molar-refractivity contribution in [2.24, 2.45) is 5.73 Å². The average molecular weight is 289 g/mol. The summed E-state index contributed by atoms with van der Waals surface area (Å²) in [6.07, 6.45) is 3.54. The lowest BCUT2D eigenvalue weighted by Gasteiger charge is -2.01. The van der Waals surface area contributed by atoms with Crippen LogP contribution in [0, 0.1) is 0 Å². The molecule has 0 bridgehead atoms. The summed E-state index contributed by atoms with van der Waals surface area (Å²) in [7, 11) is 0. The van der Waals surface area contributed by atoms with Gasteiger partial charge in [-0.05, 0) is 18.4 Å². The van der Waals surface area contributed by atoms with Crippen LogP contribution in [0.25, 0.3) is 11.3 Å². The zero-order valence-electron chi connectivity index (χ0n) is 11.6. The Morgan fingerprint density at radius 2 is 2.10 bits per heavy atom. The number of nitrogens with one attached hydrogen (secondary N) is 1. The molecule has 0 spiro atoms. The Labute approximate surface area is 123 Å². The second kappa shape index (κ2) is 7.17. The SMILES string of the molecule is CCCCc1ccc(-c2csc(NC(=O)CN)n2)cc1. The summed E-state index contributed by atoms with van der Waals surface area (Å²) in [6.45, 7) is 2.17. The fourth-order valence-corrected chi connectivity index (χ4v) is 2.59. The van der Waals surface area contributed by atoms with Crippen molar-refractivity contribution in [2.45, 2.75) is 26.2 Å². The van der Waals surface area contributed by atoms with Crippen LogP contribution in [-0.4, -0.2) is 17.4 Å². The Kier molecular flexibility index (Phi) is 5.26. The van der Waals surface area contributed by atoms with Crippen molar-refractivity contribution in [1.29, 1.82) is 0 Å². The Morgan fingerprint density at radius 3 is 2.75 bits per heavy atom. The molecule has 1 amide bonds. The molecule has 2 aromatic rings. The molecular formula is C15H19N3OS. The molecule has 0 aliphatic carbocycles. The van der Waals surface area contributed by atoms with Gasteiger partial charge in [0.05, 0.1) is 12.2 Å². The molecule has 3 N–H and O–H groups in total. The summed E-state index contributed by atoms with van der Waals surface area (Å²) in [6, 6.07) is 8.44. The number of hydrogen-bond acceptors (Lipinski definition) is 4. The van der Waals surface area contributed by atoms with Gasteiger partial charge in [-0.2, -0.15) is 0 Å². The molecule has 4 nitrogen and oxygen atoms in total. The summed E-state index contributed by atoms with van der Waals surface area (Å²) < 4.78 is 0. The van der Waals surface area contributed by atoms with Crippen molar-refractivity contribution in [2.75, 3.05) is 11.9 Å². The molecule has 5 heteroatoms. The number of aryl methyl sites for hydroxylation is 1. The van der Waals surface area contributed by atoms with E-state index in [2.05, 4.69) is 41.5 Å². The molecule has 0 atom stereocenters. The minimum absolute atomic E-state index is 0.0267. The topological polar surface area (TPSA) is 68.0 Å². The van der Waals surface area contributed by atoms with E-state index in [1.165, 1.54) is 29.7 Å². The van der Waals surface area contributed by atoms with Crippen LogP contribution in [0.2, 0.25) is 0 Å². The molecular weight excluding hydrogens is 270 g/mol. The van der Waals surface area contributed by atoms with Gasteiger partial charge in [-0.25, -0.2) is 4.98 Å². The minimum atomic E-state index is -0.221. The predicted octanol–water partition coefficient (Wildman–Crippen LogP) is 3.05. The number of carbonyl (C=O) groups is 1. The molecule has 0 saturated heterocycles. The normalized spacial score (nSPS) is 10.5. The number of carbonyl (C=O) groups excluding carboxylic acids is 1. The Morgan fingerprint density at radius 1 is 1.35 bits per heavy atom. The molecule has 106 valence electrons. The van der Waals surface area contributed by atoms with E-state index in [0.717, 1.165) is 17.7 Å². The molecule has 0 radical (unpaired) electrons. The van der Waals surface area contributed by atoms with Crippen LogP contribution < -0.4 is 11.1 Å². The molecule has 2 rings (SSSR count). The number of unbranched alkanes of at least 4 members (excludes halogenated alkanes) is 1. The predicted molar refractivity (Wildman–Crippen MR) is 83.8 cm³/mol. The fourth-order valence-electron chi connectivity index (χ4n) is 1.86. The smallest absolute Gasteiger partial charge is 0.239 e. The molecule has 0 unspecified atom stereocenters. The molecule has 1 aromatic carbocycles. The quantitative estimate of drug-likeness (QED) is 0.859. The number of nitrogens with two attached hydrogens (primary N) is 1. The highest BCUT2D eigenvalue weighted by Crippen LogP contribution is 2.25. The zero-order valence-corrected chi connectivity index (χ0v) is 12.4. The third-order valence-corrected chi connectivity index (χ3v) is 3.76. The van der Waals surface area contributed by atoms with E-state index >= 15 is 0 Å². The first kappa shape index (κ1) is 14.7. The first-order valence-corrected chi connectivity index (χ1v) is 7.65. The van der Waals surface area contributed by atoms with Crippen LogP contribution in [0.15, 0.2) is 29.6 Å². The van der Waals surface area contributed by atoms with Gasteiger partial charge in [-0.15, -0.1) is 11.3 Å². The number of nitrogens with zero attached hydrogens (tertiary/aromatic N) is 1. The van der Waals surface area contributed by atoms with Crippen molar-refractivity contribution < 1.29 is 4.79 Å². The van der Waals surface area contributed by atoms with E-state index in [4.69, 9.17) is 5.73 Å². The number of rotatable bonds is 6. The second-order valence-electron chi connectivity index (χ2n) is 4.59. The van der Waals surface area contributed by atoms with Gasteiger partial charge in [0.25, 0.3) is 0 Å². The van der Waals surface area contributed by atoms with Crippen molar-refractivity contribution in [3.8, 4) is 11.3 Å². The number of aromatic nitrogens is 1. The summed E-state index contributed by atoms with van der Waals surface area (Å²) in [5, 5.41) is 5.19. The van der Waals surface area contributed by atoms with E-state index in [0.29, 0.717) is 5.13 Å². The average Bonchev–Trinajstić information content (AvgIpc) is 2.94. The Balaban J connectivity index is 2.06. The van der Waals surface area contributed by atoms with Crippen molar-refractivity contribution in [3.63, 3.8) is 0 Å². The zero-order chi connectivity index (χ0) is 14.4. The van der Waals surface area contributed by atoms with Crippen LogP contribution in [0.4, 0.5) is 5.13 Å². The number of anilines is 1. The highest BCUT2D eigenvalue weighted by atomic mass is 32.1. The van der Waals surface area contributed by atoms with E-state index in [9.17, 15) is 4.79 Å². The molecule has 1 heterocycles. The maximum atomic E-state index is 11.2. The lowest BCUT2D eigenvalue weighted by Crippen LogP contribution is -2.21. The van der Waals surface area contributed by atoms with Crippen LogP contribution >= 0.6 is 11.3 Å². The van der Waals surface area contributed by atoms with Gasteiger partial charge >= 0.3 is 0 Å². The highest BCUT2D eigenvalue weighted by Gasteiger charge is 2.06. The summed E-state index contributed by atoms with van der Waals surface area (Å²) >= 11 is 1.41. The van der Waals surface area contributed by atoms with E-state index in [1.807, 2.05) is 5.38 Å². The Bertz CT molecular complexity index is 563. The van der Waals surface area contributed by atoms with Gasteiger partial charge in [0, 0.05) is 10.9 Å². The minimum Gasteiger partial charge on any atom is -0.322 e. The van der Waals surface area contributed by atoms with Crippen LogP contribution in [-0.2, 0) is 11.2 Å². The highest BCUT2D eigenvalue weighted by molar-refractivity contribution is 7.14. The number of benzene rings is 1. The molecule has 0 saturated carbocycles. The first-order valence-electron chi connectivity index (χ1n) is 6.77. The first-order chi connectivity index (χ1) is 9.72. The van der Waals surface area contributed by atoms with Crippen molar-refractivity contribution in [1.82, 2.24) is 4.98 Å². The van der Waals surface area contributed by atoms with Crippen molar-refractivity contribution in [3.05, 3.63) is 35.2 Å². The molecule has 20 heavy (non-hydrogen) atoms. The van der Waals surface area contributed by atoms with Gasteiger partial charge in [-0.1, -0.05) is 37.6 Å². The third-order valence-electron chi connectivity index (χ3n) is 3.00.